The number of H-pyrrole nitrogens is 1. The molecule has 2 aromatic rings. The number of hydrogen-bond acceptors (Lipinski definition) is 3. The number of ether oxygens (including phenoxy) is 1. The number of aromatic amines is 1. The lowest BCUT2D eigenvalue weighted by Crippen LogP contribution is -2.19. The summed E-state index contributed by atoms with van der Waals surface area (Å²) in [6.45, 7) is -1.35. The van der Waals surface area contributed by atoms with Gasteiger partial charge in [-0.25, -0.2) is 4.98 Å². The molecule has 7 heteroatoms. The standard InChI is InChI=1S/C10H8F3N3O/c11-10(12,13)6-17-9-5-7(1-3-14-9)8-2-4-15-16-8/h1-5H,6H2,(H,15,16). The zero-order valence-electron chi connectivity index (χ0n) is 8.53. The molecule has 2 rings (SSSR count). The fourth-order valence-electron chi connectivity index (χ4n) is 1.23. The van der Waals surface area contributed by atoms with Crippen molar-refractivity contribution in [3.8, 4) is 17.1 Å². The predicted octanol–water partition coefficient (Wildman–Crippen LogP) is 2.41. The summed E-state index contributed by atoms with van der Waals surface area (Å²) < 4.78 is 40.4. The maximum Gasteiger partial charge on any atom is 0.422 e. The Morgan fingerprint density at radius 1 is 1.24 bits per heavy atom. The van der Waals surface area contributed by atoms with Gasteiger partial charge in [-0.05, 0) is 12.1 Å². The lowest BCUT2D eigenvalue weighted by Gasteiger charge is -2.08. The highest BCUT2D eigenvalue weighted by atomic mass is 19.4. The van der Waals surface area contributed by atoms with E-state index in [1.807, 2.05) is 0 Å². The fourth-order valence-corrected chi connectivity index (χ4v) is 1.23. The smallest absolute Gasteiger partial charge is 0.422 e. The van der Waals surface area contributed by atoms with E-state index in [1.54, 1.807) is 18.3 Å². The molecule has 0 aliphatic carbocycles. The highest BCUT2D eigenvalue weighted by Gasteiger charge is 2.28. The van der Waals surface area contributed by atoms with Gasteiger partial charge < -0.3 is 4.74 Å². The number of nitrogens with one attached hydrogen (secondary N) is 1. The second-order valence-electron chi connectivity index (χ2n) is 3.26. The zero-order valence-corrected chi connectivity index (χ0v) is 8.53. The third-order valence-corrected chi connectivity index (χ3v) is 1.93. The maximum atomic E-state index is 11.9. The van der Waals surface area contributed by atoms with Crippen molar-refractivity contribution in [1.82, 2.24) is 15.2 Å². The molecule has 0 aliphatic heterocycles. The monoisotopic (exact) mass is 243 g/mol. The lowest BCUT2D eigenvalue weighted by molar-refractivity contribution is -0.154. The first-order chi connectivity index (χ1) is 8.04. The Bertz CT molecular complexity index is 482. The van der Waals surface area contributed by atoms with Crippen molar-refractivity contribution in [3.63, 3.8) is 0 Å². The summed E-state index contributed by atoms with van der Waals surface area (Å²) in [6.07, 6.45) is -1.44. The third kappa shape index (κ3) is 3.20. The van der Waals surface area contributed by atoms with Crippen LogP contribution in [0.5, 0.6) is 5.88 Å². The van der Waals surface area contributed by atoms with E-state index < -0.39 is 12.8 Å². The molecule has 17 heavy (non-hydrogen) atoms. The molecule has 90 valence electrons. The van der Waals surface area contributed by atoms with Crippen molar-refractivity contribution in [2.45, 2.75) is 6.18 Å². The van der Waals surface area contributed by atoms with Crippen molar-refractivity contribution in [2.24, 2.45) is 0 Å². The van der Waals surface area contributed by atoms with Crippen molar-refractivity contribution >= 4 is 0 Å². The Kier molecular flexibility index (Phi) is 2.99. The van der Waals surface area contributed by atoms with Gasteiger partial charge in [-0.3, -0.25) is 5.10 Å². The molecule has 0 radical (unpaired) electrons. The van der Waals surface area contributed by atoms with Crippen molar-refractivity contribution in [3.05, 3.63) is 30.6 Å². The molecule has 1 N–H and O–H groups in total. The van der Waals surface area contributed by atoms with Crippen molar-refractivity contribution < 1.29 is 17.9 Å². The number of halogens is 3. The quantitative estimate of drug-likeness (QED) is 0.900. The molecule has 2 heterocycles. The minimum absolute atomic E-state index is 0.0746. The second-order valence-corrected chi connectivity index (χ2v) is 3.26. The SMILES string of the molecule is FC(F)(F)COc1cc(-c2ccn[nH]2)ccn1. The van der Waals surface area contributed by atoms with Gasteiger partial charge >= 0.3 is 6.18 Å². The van der Waals surface area contributed by atoms with Gasteiger partial charge in [0.2, 0.25) is 5.88 Å². The summed E-state index contributed by atoms with van der Waals surface area (Å²) in [5.74, 6) is -0.0746. The molecule has 0 amide bonds. The molecule has 0 spiro atoms. The molecule has 0 saturated carbocycles. The Labute approximate surface area is 94.4 Å². The minimum Gasteiger partial charge on any atom is -0.468 e. The van der Waals surface area contributed by atoms with Gasteiger partial charge in [0.05, 0.1) is 5.69 Å². The van der Waals surface area contributed by atoms with E-state index in [2.05, 4.69) is 19.9 Å². The van der Waals surface area contributed by atoms with Gasteiger partial charge in [-0.15, -0.1) is 0 Å². The van der Waals surface area contributed by atoms with Gasteiger partial charge in [0.15, 0.2) is 6.61 Å². The summed E-state index contributed by atoms with van der Waals surface area (Å²) in [7, 11) is 0. The number of hydrogen-bond donors (Lipinski definition) is 1. The number of nitrogens with zero attached hydrogens (tertiary/aromatic N) is 2. The van der Waals surface area contributed by atoms with Crippen LogP contribution in [0.2, 0.25) is 0 Å². The zero-order chi connectivity index (χ0) is 12.3. The number of aromatic nitrogens is 3. The van der Waals surface area contributed by atoms with Crippen LogP contribution in [0.15, 0.2) is 30.6 Å². The Hall–Kier alpha value is -2.05. The van der Waals surface area contributed by atoms with Crippen LogP contribution >= 0.6 is 0 Å². The first-order valence-corrected chi connectivity index (χ1v) is 4.70. The van der Waals surface area contributed by atoms with Gasteiger partial charge in [0, 0.05) is 24.0 Å². The van der Waals surface area contributed by atoms with Crippen LogP contribution in [-0.4, -0.2) is 28.0 Å². The van der Waals surface area contributed by atoms with E-state index >= 15 is 0 Å². The molecule has 0 fully saturated rings. The van der Waals surface area contributed by atoms with E-state index in [1.165, 1.54) is 12.3 Å². The van der Waals surface area contributed by atoms with Gasteiger partial charge in [0.25, 0.3) is 0 Å². The van der Waals surface area contributed by atoms with Crippen LogP contribution in [0.4, 0.5) is 13.2 Å². The number of rotatable bonds is 3. The maximum absolute atomic E-state index is 11.9. The molecule has 0 aromatic carbocycles. The second kappa shape index (κ2) is 4.44. The molecule has 2 aromatic heterocycles. The molecule has 0 unspecified atom stereocenters. The first-order valence-electron chi connectivity index (χ1n) is 4.70. The van der Waals surface area contributed by atoms with Crippen molar-refractivity contribution in [1.29, 1.82) is 0 Å². The third-order valence-electron chi connectivity index (χ3n) is 1.93. The molecular formula is C10H8F3N3O. The molecule has 0 atom stereocenters. The Morgan fingerprint density at radius 2 is 2.06 bits per heavy atom. The molecule has 0 bridgehead atoms. The first kappa shape index (κ1) is 11.4. The van der Waals surface area contributed by atoms with Crippen LogP contribution < -0.4 is 4.74 Å². The topological polar surface area (TPSA) is 50.8 Å². The molecule has 4 nitrogen and oxygen atoms in total. The number of pyridine rings is 1. The highest BCUT2D eigenvalue weighted by molar-refractivity contribution is 5.59. The molecular weight excluding hydrogens is 235 g/mol. The summed E-state index contributed by atoms with van der Waals surface area (Å²) in [4.78, 5) is 3.70. The van der Waals surface area contributed by atoms with Crippen LogP contribution in [0.25, 0.3) is 11.3 Å². The number of alkyl halides is 3. The van der Waals surface area contributed by atoms with Crippen LogP contribution in [0, 0.1) is 0 Å². The normalized spacial score (nSPS) is 11.5. The summed E-state index contributed by atoms with van der Waals surface area (Å²) in [5.41, 5.74) is 1.35. The van der Waals surface area contributed by atoms with Crippen LogP contribution in [0.1, 0.15) is 0 Å². The Balaban J connectivity index is 2.12. The summed E-state index contributed by atoms with van der Waals surface area (Å²) >= 11 is 0. The lowest BCUT2D eigenvalue weighted by atomic mass is 10.2. The summed E-state index contributed by atoms with van der Waals surface area (Å²) in [5, 5.41) is 6.44. The van der Waals surface area contributed by atoms with E-state index in [9.17, 15) is 13.2 Å². The Morgan fingerprint density at radius 3 is 2.71 bits per heavy atom. The van der Waals surface area contributed by atoms with Crippen LogP contribution in [-0.2, 0) is 0 Å². The highest BCUT2D eigenvalue weighted by Crippen LogP contribution is 2.21. The van der Waals surface area contributed by atoms with Gasteiger partial charge in [-0.1, -0.05) is 0 Å². The summed E-state index contributed by atoms with van der Waals surface area (Å²) in [6, 6.07) is 4.76. The van der Waals surface area contributed by atoms with E-state index in [4.69, 9.17) is 0 Å². The molecule has 0 aliphatic rings. The van der Waals surface area contributed by atoms with Gasteiger partial charge in [0.1, 0.15) is 0 Å². The van der Waals surface area contributed by atoms with Crippen LogP contribution in [0.3, 0.4) is 0 Å². The largest absolute Gasteiger partial charge is 0.468 e. The average Bonchev–Trinajstić information content (AvgIpc) is 2.79. The van der Waals surface area contributed by atoms with Gasteiger partial charge in [-0.2, -0.15) is 18.3 Å². The molecule has 0 saturated heterocycles. The minimum atomic E-state index is -4.37. The van der Waals surface area contributed by atoms with Crippen molar-refractivity contribution in [2.75, 3.05) is 6.61 Å². The van der Waals surface area contributed by atoms with E-state index in [-0.39, 0.29) is 5.88 Å². The van der Waals surface area contributed by atoms with E-state index in [0.29, 0.717) is 11.3 Å². The predicted molar refractivity (Wildman–Crippen MR) is 53.4 cm³/mol. The van der Waals surface area contributed by atoms with E-state index in [0.717, 1.165) is 0 Å². The average molecular weight is 243 g/mol. The fraction of sp³-hybridized carbons (Fsp3) is 0.200.